The van der Waals surface area contributed by atoms with E-state index in [0.717, 1.165) is 30.5 Å². The summed E-state index contributed by atoms with van der Waals surface area (Å²) < 4.78 is 5.19. The molecule has 1 heterocycles. The summed E-state index contributed by atoms with van der Waals surface area (Å²) in [5.41, 5.74) is 0.829. The van der Waals surface area contributed by atoms with Crippen molar-refractivity contribution in [2.24, 2.45) is 0 Å². The Labute approximate surface area is 104 Å². The number of rotatable bonds is 9. The predicted octanol–water partition coefficient (Wildman–Crippen LogP) is 4.61. The second-order valence-corrected chi connectivity index (χ2v) is 4.37. The lowest BCUT2D eigenvalue weighted by Gasteiger charge is -2.00. The third-order valence-corrected chi connectivity index (χ3v) is 2.84. The van der Waals surface area contributed by atoms with Gasteiger partial charge < -0.3 is 4.42 Å². The summed E-state index contributed by atoms with van der Waals surface area (Å²) in [6, 6.07) is 3.70. The fourth-order valence-electron chi connectivity index (χ4n) is 1.83. The van der Waals surface area contributed by atoms with E-state index in [1.54, 1.807) is 6.26 Å². The van der Waals surface area contributed by atoms with E-state index >= 15 is 0 Å². The zero-order valence-corrected chi connectivity index (χ0v) is 10.7. The third-order valence-electron chi connectivity index (χ3n) is 2.84. The number of allylic oxidation sites excluding steroid dienone is 1. The van der Waals surface area contributed by atoms with Gasteiger partial charge in [-0.3, -0.25) is 4.79 Å². The molecule has 2 heteroatoms. The van der Waals surface area contributed by atoms with Gasteiger partial charge in [0.25, 0.3) is 0 Å². The van der Waals surface area contributed by atoms with Crippen molar-refractivity contribution in [2.75, 3.05) is 0 Å². The minimum absolute atomic E-state index is 0.762. The Balaban J connectivity index is 2.21. The standard InChI is InChI=1S/C15H22O2/c1-2-3-4-5-6-7-9-14(13-16)12-15-10-8-11-17-15/h8,10-13H,2-7,9H2,1H3/b14-12-. The van der Waals surface area contributed by atoms with E-state index in [-0.39, 0.29) is 0 Å². The van der Waals surface area contributed by atoms with Crippen LogP contribution in [0.2, 0.25) is 0 Å². The molecule has 0 atom stereocenters. The summed E-state index contributed by atoms with van der Waals surface area (Å²) in [5, 5.41) is 0. The second-order valence-electron chi connectivity index (χ2n) is 4.37. The van der Waals surface area contributed by atoms with Gasteiger partial charge in [0, 0.05) is 0 Å². The first-order valence-corrected chi connectivity index (χ1v) is 6.56. The highest BCUT2D eigenvalue weighted by Gasteiger charge is 1.98. The van der Waals surface area contributed by atoms with Gasteiger partial charge in [0.15, 0.2) is 0 Å². The molecular weight excluding hydrogens is 212 g/mol. The summed E-state index contributed by atoms with van der Waals surface area (Å²) in [5.74, 6) is 0.762. The normalized spacial score (nSPS) is 11.7. The van der Waals surface area contributed by atoms with Crippen LogP contribution in [0.3, 0.4) is 0 Å². The minimum atomic E-state index is 0.762. The molecule has 0 bridgehead atoms. The van der Waals surface area contributed by atoms with E-state index in [4.69, 9.17) is 4.42 Å². The lowest BCUT2D eigenvalue weighted by Crippen LogP contribution is -1.86. The molecule has 94 valence electrons. The largest absolute Gasteiger partial charge is 0.465 e. The summed E-state index contributed by atoms with van der Waals surface area (Å²) in [6.45, 7) is 2.22. The monoisotopic (exact) mass is 234 g/mol. The number of carbonyl (C=O) groups is 1. The van der Waals surface area contributed by atoms with E-state index in [0.29, 0.717) is 0 Å². The van der Waals surface area contributed by atoms with Crippen molar-refractivity contribution in [3.63, 3.8) is 0 Å². The summed E-state index contributed by atoms with van der Waals surface area (Å²) in [4.78, 5) is 10.9. The number of furan rings is 1. The van der Waals surface area contributed by atoms with Gasteiger partial charge in [0.05, 0.1) is 6.26 Å². The van der Waals surface area contributed by atoms with E-state index in [2.05, 4.69) is 6.92 Å². The Kier molecular flexibility index (Phi) is 7.12. The number of unbranched alkanes of at least 4 members (excludes halogenated alkanes) is 5. The van der Waals surface area contributed by atoms with Crippen LogP contribution in [0.1, 0.15) is 57.6 Å². The Morgan fingerprint density at radius 3 is 2.65 bits per heavy atom. The molecule has 0 aliphatic rings. The first-order valence-electron chi connectivity index (χ1n) is 6.56. The molecule has 17 heavy (non-hydrogen) atoms. The molecule has 0 unspecified atom stereocenters. The SMILES string of the molecule is CCCCCCCC/C(C=O)=C/c1ccco1. The van der Waals surface area contributed by atoms with Crippen LogP contribution < -0.4 is 0 Å². The van der Waals surface area contributed by atoms with Crippen molar-refractivity contribution in [1.82, 2.24) is 0 Å². The van der Waals surface area contributed by atoms with Crippen LogP contribution in [0.5, 0.6) is 0 Å². The van der Waals surface area contributed by atoms with Crippen molar-refractivity contribution in [1.29, 1.82) is 0 Å². The van der Waals surface area contributed by atoms with E-state index < -0.39 is 0 Å². The van der Waals surface area contributed by atoms with Gasteiger partial charge in [-0.2, -0.15) is 0 Å². The summed E-state index contributed by atoms with van der Waals surface area (Å²) >= 11 is 0. The van der Waals surface area contributed by atoms with Gasteiger partial charge in [-0.25, -0.2) is 0 Å². The summed E-state index contributed by atoms with van der Waals surface area (Å²) in [7, 11) is 0. The molecular formula is C15H22O2. The van der Waals surface area contributed by atoms with Crippen LogP contribution in [0, 0.1) is 0 Å². The number of aldehydes is 1. The van der Waals surface area contributed by atoms with Gasteiger partial charge in [0.2, 0.25) is 0 Å². The minimum Gasteiger partial charge on any atom is -0.465 e. The van der Waals surface area contributed by atoms with Crippen LogP contribution in [0.25, 0.3) is 6.08 Å². The third kappa shape index (κ3) is 6.10. The Hall–Kier alpha value is -1.31. The van der Waals surface area contributed by atoms with Crippen molar-refractivity contribution in [2.45, 2.75) is 51.9 Å². The zero-order valence-electron chi connectivity index (χ0n) is 10.7. The van der Waals surface area contributed by atoms with Crippen molar-refractivity contribution in [3.05, 3.63) is 29.7 Å². The van der Waals surface area contributed by atoms with E-state index in [1.165, 1.54) is 32.1 Å². The fourth-order valence-corrected chi connectivity index (χ4v) is 1.83. The maximum Gasteiger partial charge on any atom is 0.146 e. The van der Waals surface area contributed by atoms with E-state index in [1.807, 2.05) is 18.2 Å². The molecule has 0 radical (unpaired) electrons. The molecule has 2 nitrogen and oxygen atoms in total. The second kappa shape index (κ2) is 8.80. The van der Waals surface area contributed by atoms with Gasteiger partial charge in [0.1, 0.15) is 12.0 Å². The molecule has 0 aliphatic heterocycles. The van der Waals surface area contributed by atoms with E-state index in [9.17, 15) is 4.79 Å². The maximum atomic E-state index is 10.9. The number of hydrogen-bond acceptors (Lipinski definition) is 2. The highest BCUT2D eigenvalue weighted by Crippen LogP contribution is 2.13. The molecule has 0 saturated carbocycles. The average Bonchev–Trinajstić information content (AvgIpc) is 2.85. The average molecular weight is 234 g/mol. The van der Waals surface area contributed by atoms with Crippen LogP contribution >= 0.6 is 0 Å². The van der Waals surface area contributed by atoms with Crippen molar-refractivity contribution in [3.8, 4) is 0 Å². The Bertz CT molecular complexity index is 323. The number of hydrogen-bond donors (Lipinski definition) is 0. The lowest BCUT2D eigenvalue weighted by molar-refractivity contribution is -0.105. The van der Waals surface area contributed by atoms with Crippen LogP contribution in [0.4, 0.5) is 0 Å². The predicted molar refractivity (Wildman–Crippen MR) is 70.7 cm³/mol. The highest BCUT2D eigenvalue weighted by molar-refractivity contribution is 5.80. The Morgan fingerprint density at radius 2 is 2.00 bits per heavy atom. The molecule has 0 N–H and O–H groups in total. The molecule has 1 aromatic heterocycles. The molecule has 0 aromatic carbocycles. The van der Waals surface area contributed by atoms with Gasteiger partial charge in [-0.1, -0.05) is 39.0 Å². The maximum absolute atomic E-state index is 10.9. The van der Waals surface area contributed by atoms with Crippen molar-refractivity contribution < 1.29 is 9.21 Å². The van der Waals surface area contributed by atoms with Crippen molar-refractivity contribution >= 4 is 12.4 Å². The molecule has 0 spiro atoms. The first-order chi connectivity index (χ1) is 8.36. The smallest absolute Gasteiger partial charge is 0.146 e. The lowest BCUT2D eigenvalue weighted by atomic mass is 10.1. The zero-order chi connectivity index (χ0) is 12.3. The molecule has 0 saturated heterocycles. The summed E-state index contributed by atoms with van der Waals surface area (Å²) in [6.07, 6.45) is 12.7. The topological polar surface area (TPSA) is 30.2 Å². The quantitative estimate of drug-likeness (QED) is 0.355. The van der Waals surface area contributed by atoms with Gasteiger partial charge >= 0.3 is 0 Å². The fraction of sp³-hybridized carbons (Fsp3) is 0.533. The molecule has 0 fully saturated rings. The number of carbonyl (C=O) groups excluding carboxylic acids is 1. The van der Waals surface area contributed by atoms with Crippen LogP contribution in [-0.2, 0) is 4.79 Å². The molecule has 1 rings (SSSR count). The first kappa shape index (κ1) is 13.8. The molecule has 0 amide bonds. The van der Waals surface area contributed by atoms with Gasteiger partial charge in [-0.15, -0.1) is 0 Å². The molecule has 1 aromatic rings. The Morgan fingerprint density at radius 1 is 1.24 bits per heavy atom. The van der Waals surface area contributed by atoms with Crippen LogP contribution in [-0.4, -0.2) is 6.29 Å². The molecule has 0 aliphatic carbocycles. The van der Waals surface area contributed by atoms with Gasteiger partial charge in [-0.05, 0) is 36.6 Å². The highest BCUT2D eigenvalue weighted by atomic mass is 16.3. The van der Waals surface area contributed by atoms with Crippen LogP contribution in [0.15, 0.2) is 28.4 Å².